The average Bonchev–Trinajstić information content (AvgIpc) is 2.29. The van der Waals surface area contributed by atoms with Gasteiger partial charge in [0.05, 0.1) is 4.90 Å². The summed E-state index contributed by atoms with van der Waals surface area (Å²) >= 11 is 3.28. The van der Waals surface area contributed by atoms with E-state index in [4.69, 9.17) is 0 Å². The quantitative estimate of drug-likeness (QED) is 0.756. The molecule has 0 bridgehead atoms. The molecule has 1 aromatic rings. The van der Waals surface area contributed by atoms with Gasteiger partial charge in [-0.1, -0.05) is 35.0 Å². The lowest BCUT2D eigenvalue weighted by atomic mass is 10.4. The minimum absolute atomic E-state index is 0.308. The lowest BCUT2D eigenvalue weighted by molar-refractivity contribution is 0.441. The van der Waals surface area contributed by atoms with Crippen LogP contribution in [-0.4, -0.2) is 25.8 Å². The topological polar surface area (TPSA) is 37.4 Å². The first-order chi connectivity index (χ1) is 8.02. The standard InChI is InChI=1S/C12H16BrNO2S/c1-3-8-14(9-4-2)17(15,16)12-7-5-6-11(13)10-12/h3,5-7,10H,1,4,8-9H2,2H3. The number of halogens is 1. The SMILES string of the molecule is C=CCN(CCC)S(=O)(=O)c1cccc(Br)c1. The van der Waals surface area contributed by atoms with E-state index in [0.29, 0.717) is 18.0 Å². The van der Waals surface area contributed by atoms with Gasteiger partial charge < -0.3 is 0 Å². The Morgan fingerprint density at radius 2 is 2.18 bits per heavy atom. The summed E-state index contributed by atoms with van der Waals surface area (Å²) in [5, 5.41) is 0. The first-order valence-corrected chi connectivity index (χ1v) is 7.62. The third-order valence-electron chi connectivity index (χ3n) is 2.24. The van der Waals surface area contributed by atoms with E-state index in [1.165, 1.54) is 4.31 Å². The Kier molecular flexibility index (Phi) is 5.36. The number of sulfonamides is 1. The molecule has 94 valence electrons. The number of hydrogen-bond acceptors (Lipinski definition) is 2. The van der Waals surface area contributed by atoms with Crippen molar-refractivity contribution < 1.29 is 8.42 Å². The van der Waals surface area contributed by atoms with Crippen LogP contribution < -0.4 is 0 Å². The summed E-state index contributed by atoms with van der Waals surface area (Å²) in [6.45, 7) is 6.38. The van der Waals surface area contributed by atoms with Crippen LogP contribution in [0.1, 0.15) is 13.3 Å². The maximum atomic E-state index is 12.3. The summed E-state index contributed by atoms with van der Waals surface area (Å²) in [6.07, 6.45) is 2.38. The second-order valence-corrected chi connectivity index (χ2v) is 6.46. The van der Waals surface area contributed by atoms with E-state index in [1.807, 2.05) is 6.92 Å². The Morgan fingerprint density at radius 3 is 2.71 bits per heavy atom. The van der Waals surface area contributed by atoms with Crippen LogP contribution in [0.25, 0.3) is 0 Å². The predicted octanol–water partition coefficient (Wildman–Crippen LogP) is 3.04. The van der Waals surface area contributed by atoms with Crippen molar-refractivity contribution in [3.05, 3.63) is 41.4 Å². The highest BCUT2D eigenvalue weighted by Crippen LogP contribution is 2.20. The molecule has 0 saturated carbocycles. The Hall–Kier alpha value is -0.650. The fourth-order valence-electron chi connectivity index (χ4n) is 1.48. The zero-order valence-electron chi connectivity index (χ0n) is 9.77. The van der Waals surface area contributed by atoms with Gasteiger partial charge in [0.15, 0.2) is 0 Å². The monoisotopic (exact) mass is 317 g/mol. The van der Waals surface area contributed by atoms with Crippen LogP contribution in [-0.2, 0) is 10.0 Å². The summed E-state index contributed by atoms with van der Waals surface area (Å²) in [5.74, 6) is 0. The predicted molar refractivity (Wildman–Crippen MR) is 73.4 cm³/mol. The van der Waals surface area contributed by atoms with Crippen molar-refractivity contribution in [2.24, 2.45) is 0 Å². The summed E-state index contributed by atoms with van der Waals surface area (Å²) in [5.41, 5.74) is 0. The zero-order valence-corrected chi connectivity index (χ0v) is 12.2. The van der Waals surface area contributed by atoms with Crippen molar-refractivity contribution in [3.8, 4) is 0 Å². The summed E-state index contributed by atoms with van der Waals surface area (Å²) < 4.78 is 26.8. The molecule has 0 aromatic heterocycles. The van der Waals surface area contributed by atoms with Crippen molar-refractivity contribution in [3.63, 3.8) is 0 Å². The average molecular weight is 318 g/mol. The van der Waals surface area contributed by atoms with Gasteiger partial charge in [-0.15, -0.1) is 6.58 Å². The maximum Gasteiger partial charge on any atom is 0.243 e. The molecular weight excluding hydrogens is 302 g/mol. The van der Waals surface area contributed by atoms with E-state index in [0.717, 1.165) is 10.9 Å². The van der Waals surface area contributed by atoms with Crippen LogP contribution in [0.15, 0.2) is 46.3 Å². The number of nitrogens with zero attached hydrogens (tertiary/aromatic N) is 1. The van der Waals surface area contributed by atoms with E-state index in [2.05, 4.69) is 22.5 Å². The van der Waals surface area contributed by atoms with Gasteiger partial charge in [0.2, 0.25) is 10.0 Å². The van der Waals surface area contributed by atoms with Gasteiger partial charge in [0.25, 0.3) is 0 Å². The molecular formula is C12H16BrNO2S. The number of hydrogen-bond donors (Lipinski definition) is 0. The molecule has 0 heterocycles. The van der Waals surface area contributed by atoms with E-state index >= 15 is 0 Å². The molecule has 3 nitrogen and oxygen atoms in total. The molecule has 0 saturated heterocycles. The molecule has 1 aromatic carbocycles. The van der Waals surface area contributed by atoms with Gasteiger partial charge >= 0.3 is 0 Å². The van der Waals surface area contributed by atoms with Gasteiger partial charge in [-0.05, 0) is 24.6 Å². The molecule has 0 aliphatic rings. The highest BCUT2D eigenvalue weighted by atomic mass is 79.9. The Labute approximate surface area is 111 Å². The number of rotatable bonds is 6. The van der Waals surface area contributed by atoms with E-state index in [9.17, 15) is 8.42 Å². The van der Waals surface area contributed by atoms with Crippen LogP contribution in [0.2, 0.25) is 0 Å². The van der Waals surface area contributed by atoms with Gasteiger partial charge in [-0.2, -0.15) is 4.31 Å². The first-order valence-electron chi connectivity index (χ1n) is 5.39. The highest BCUT2D eigenvalue weighted by molar-refractivity contribution is 9.10. The van der Waals surface area contributed by atoms with Gasteiger partial charge in [0, 0.05) is 17.6 Å². The molecule has 1 rings (SSSR count). The molecule has 0 aliphatic heterocycles. The Balaban J connectivity index is 3.11. The minimum atomic E-state index is -3.42. The Morgan fingerprint density at radius 1 is 1.47 bits per heavy atom. The van der Waals surface area contributed by atoms with E-state index in [1.54, 1.807) is 30.3 Å². The lowest BCUT2D eigenvalue weighted by Gasteiger charge is -2.20. The van der Waals surface area contributed by atoms with Crippen molar-refractivity contribution >= 4 is 26.0 Å². The molecule has 0 spiro atoms. The third kappa shape index (κ3) is 3.66. The Bertz CT molecular complexity index is 485. The van der Waals surface area contributed by atoms with Gasteiger partial charge in [0.1, 0.15) is 0 Å². The van der Waals surface area contributed by atoms with Crippen LogP contribution >= 0.6 is 15.9 Å². The highest BCUT2D eigenvalue weighted by Gasteiger charge is 2.22. The largest absolute Gasteiger partial charge is 0.243 e. The molecule has 5 heteroatoms. The molecule has 0 aliphatic carbocycles. The fourth-order valence-corrected chi connectivity index (χ4v) is 3.58. The smallest absolute Gasteiger partial charge is 0.207 e. The molecule has 0 amide bonds. The normalized spacial score (nSPS) is 11.7. The van der Waals surface area contributed by atoms with Crippen LogP contribution in [0, 0.1) is 0 Å². The fraction of sp³-hybridized carbons (Fsp3) is 0.333. The maximum absolute atomic E-state index is 12.3. The molecule has 0 fully saturated rings. The number of benzene rings is 1. The minimum Gasteiger partial charge on any atom is -0.207 e. The lowest BCUT2D eigenvalue weighted by Crippen LogP contribution is -2.31. The van der Waals surface area contributed by atoms with E-state index in [-0.39, 0.29) is 0 Å². The summed E-state index contributed by atoms with van der Waals surface area (Å²) in [4.78, 5) is 0.308. The molecule has 0 unspecified atom stereocenters. The second kappa shape index (κ2) is 6.33. The summed E-state index contributed by atoms with van der Waals surface area (Å²) in [6, 6.07) is 6.73. The van der Waals surface area contributed by atoms with Gasteiger partial charge in [-0.3, -0.25) is 0 Å². The third-order valence-corrected chi connectivity index (χ3v) is 4.59. The molecule has 0 atom stereocenters. The van der Waals surface area contributed by atoms with Crippen LogP contribution in [0.3, 0.4) is 0 Å². The first kappa shape index (κ1) is 14.4. The van der Waals surface area contributed by atoms with Crippen molar-refractivity contribution in [2.45, 2.75) is 18.2 Å². The van der Waals surface area contributed by atoms with Crippen molar-refractivity contribution in [1.82, 2.24) is 4.31 Å². The zero-order chi connectivity index (χ0) is 12.9. The van der Waals surface area contributed by atoms with Crippen molar-refractivity contribution in [1.29, 1.82) is 0 Å². The molecule has 17 heavy (non-hydrogen) atoms. The van der Waals surface area contributed by atoms with Crippen molar-refractivity contribution in [2.75, 3.05) is 13.1 Å². The van der Waals surface area contributed by atoms with E-state index < -0.39 is 10.0 Å². The van der Waals surface area contributed by atoms with Crippen LogP contribution in [0.5, 0.6) is 0 Å². The van der Waals surface area contributed by atoms with Crippen LogP contribution in [0.4, 0.5) is 0 Å². The molecule has 0 N–H and O–H groups in total. The summed E-state index contributed by atoms with van der Waals surface area (Å²) in [7, 11) is -3.42. The van der Waals surface area contributed by atoms with Gasteiger partial charge in [-0.25, -0.2) is 8.42 Å². The second-order valence-electron chi connectivity index (χ2n) is 3.61. The molecule has 0 radical (unpaired) electrons.